The van der Waals surface area contributed by atoms with Gasteiger partial charge in [0, 0.05) is 0 Å². The minimum atomic E-state index is -0.658. The summed E-state index contributed by atoms with van der Waals surface area (Å²) in [4.78, 5) is 13.5. The molecule has 2 unspecified atom stereocenters. The minimum Gasteiger partial charge on any atom is -0.480 e. The van der Waals surface area contributed by atoms with Gasteiger partial charge in [-0.3, -0.25) is 9.69 Å². The lowest BCUT2D eigenvalue weighted by Crippen LogP contribution is -2.45. The lowest BCUT2D eigenvalue weighted by molar-refractivity contribution is -0.145. The van der Waals surface area contributed by atoms with Crippen molar-refractivity contribution in [3.63, 3.8) is 0 Å². The van der Waals surface area contributed by atoms with Crippen LogP contribution in [0.5, 0.6) is 0 Å². The van der Waals surface area contributed by atoms with Gasteiger partial charge in [-0.1, -0.05) is 33.6 Å². The predicted molar refractivity (Wildman–Crippen MR) is 70.1 cm³/mol. The van der Waals surface area contributed by atoms with Crippen molar-refractivity contribution in [2.75, 3.05) is 13.1 Å². The first-order valence-electron chi connectivity index (χ1n) is 7.03. The van der Waals surface area contributed by atoms with Crippen molar-refractivity contribution < 1.29 is 9.90 Å². The molecule has 0 bridgehead atoms. The largest absolute Gasteiger partial charge is 0.480 e. The van der Waals surface area contributed by atoms with Crippen molar-refractivity contribution in [2.24, 2.45) is 11.8 Å². The molecule has 100 valence electrons. The highest BCUT2D eigenvalue weighted by molar-refractivity contribution is 5.73. The molecule has 0 aliphatic carbocycles. The smallest absolute Gasteiger partial charge is 0.321 e. The Morgan fingerprint density at radius 3 is 2.59 bits per heavy atom. The van der Waals surface area contributed by atoms with Crippen molar-refractivity contribution in [2.45, 2.75) is 58.9 Å². The molecule has 1 heterocycles. The summed E-state index contributed by atoms with van der Waals surface area (Å²) in [6.07, 6.45) is 6.14. The summed E-state index contributed by atoms with van der Waals surface area (Å²) in [5.74, 6) is 0.343. The van der Waals surface area contributed by atoms with Crippen molar-refractivity contribution in [1.82, 2.24) is 4.90 Å². The SMILES string of the molecule is CCCC1CCCN(C(C(=O)O)C(C)C)CC1. The van der Waals surface area contributed by atoms with Crippen LogP contribution in [0.15, 0.2) is 0 Å². The molecule has 0 radical (unpaired) electrons. The van der Waals surface area contributed by atoms with Crippen molar-refractivity contribution in [3.8, 4) is 0 Å². The summed E-state index contributed by atoms with van der Waals surface area (Å²) >= 11 is 0. The maximum atomic E-state index is 11.3. The van der Waals surface area contributed by atoms with Gasteiger partial charge in [0.25, 0.3) is 0 Å². The van der Waals surface area contributed by atoms with Crippen LogP contribution in [0.2, 0.25) is 0 Å². The lowest BCUT2D eigenvalue weighted by atomic mass is 9.96. The lowest BCUT2D eigenvalue weighted by Gasteiger charge is -2.30. The molecule has 3 heteroatoms. The Balaban J connectivity index is 2.57. The number of likely N-dealkylation sites (tertiary alicyclic amines) is 1. The molecular formula is C14H27NO2. The van der Waals surface area contributed by atoms with Gasteiger partial charge in [-0.15, -0.1) is 0 Å². The van der Waals surface area contributed by atoms with Crippen LogP contribution in [0, 0.1) is 11.8 Å². The third-order valence-corrected chi connectivity index (χ3v) is 3.86. The van der Waals surface area contributed by atoms with E-state index in [1.165, 1.54) is 25.7 Å². The van der Waals surface area contributed by atoms with Gasteiger partial charge in [0.15, 0.2) is 0 Å². The molecule has 1 aliphatic heterocycles. The summed E-state index contributed by atoms with van der Waals surface area (Å²) in [5.41, 5.74) is 0. The second-order valence-corrected chi connectivity index (χ2v) is 5.65. The second-order valence-electron chi connectivity index (χ2n) is 5.65. The number of rotatable bonds is 5. The van der Waals surface area contributed by atoms with Crippen LogP contribution in [0.4, 0.5) is 0 Å². The maximum absolute atomic E-state index is 11.3. The Kier molecular flexibility index (Phi) is 5.96. The predicted octanol–water partition coefficient (Wildman–Crippen LogP) is 3.00. The average molecular weight is 241 g/mol. The van der Waals surface area contributed by atoms with Crippen molar-refractivity contribution in [1.29, 1.82) is 0 Å². The number of carbonyl (C=O) groups is 1. The van der Waals surface area contributed by atoms with Crippen LogP contribution in [0.1, 0.15) is 52.9 Å². The van der Waals surface area contributed by atoms with E-state index >= 15 is 0 Å². The van der Waals surface area contributed by atoms with Gasteiger partial charge in [-0.25, -0.2) is 0 Å². The van der Waals surface area contributed by atoms with Gasteiger partial charge in [0.2, 0.25) is 0 Å². The molecule has 0 amide bonds. The van der Waals surface area contributed by atoms with E-state index in [-0.39, 0.29) is 12.0 Å². The Labute approximate surface area is 105 Å². The monoisotopic (exact) mass is 241 g/mol. The molecule has 1 N–H and O–H groups in total. The van der Waals surface area contributed by atoms with Crippen LogP contribution < -0.4 is 0 Å². The normalized spacial score (nSPS) is 24.6. The quantitative estimate of drug-likeness (QED) is 0.804. The highest BCUT2D eigenvalue weighted by Gasteiger charge is 2.30. The van der Waals surface area contributed by atoms with E-state index in [0.29, 0.717) is 0 Å². The van der Waals surface area contributed by atoms with E-state index in [9.17, 15) is 9.90 Å². The van der Waals surface area contributed by atoms with E-state index in [4.69, 9.17) is 0 Å². The third kappa shape index (κ3) is 4.30. The van der Waals surface area contributed by atoms with E-state index in [2.05, 4.69) is 11.8 Å². The number of carboxylic acid groups (broad SMARTS) is 1. The molecule has 0 aromatic carbocycles. The summed E-state index contributed by atoms with van der Waals surface area (Å²) < 4.78 is 0. The number of hydrogen-bond donors (Lipinski definition) is 1. The molecule has 1 fully saturated rings. The van der Waals surface area contributed by atoms with Crippen LogP contribution in [0.25, 0.3) is 0 Å². The summed E-state index contributed by atoms with van der Waals surface area (Å²) in [6, 6.07) is -0.296. The molecule has 0 aromatic heterocycles. The molecule has 17 heavy (non-hydrogen) atoms. The van der Waals surface area contributed by atoms with Crippen LogP contribution >= 0.6 is 0 Å². The number of carboxylic acids is 1. The van der Waals surface area contributed by atoms with Gasteiger partial charge >= 0.3 is 5.97 Å². The van der Waals surface area contributed by atoms with E-state index in [1.54, 1.807) is 0 Å². The van der Waals surface area contributed by atoms with E-state index in [1.807, 2.05) is 13.8 Å². The third-order valence-electron chi connectivity index (χ3n) is 3.86. The van der Waals surface area contributed by atoms with Gasteiger partial charge in [-0.2, -0.15) is 0 Å². The van der Waals surface area contributed by atoms with Crippen LogP contribution in [-0.4, -0.2) is 35.1 Å². The number of hydrogen-bond acceptors (Lipinski definition) is 2. The fraction of sp³-hybridized carbons (Fsp3) is 0.929. The van der Waals surface area contributed by atoms with Crippen LogP contribution in [0.3, 0.4) is 0 Å². The molecule has 0 aromatic rings. The molecule has 2 atom stereocenters. The standard InChI is InChI=1S/C14H27NO2/c1-4-6-12-7-5-9-15(10-8-12)13(11(2)3)14(16)17/h11-13H,4-10H2,1-3H3,(H,16,17). The van der Waals surface area contributed by atoms with Crippen molar-refractivity contribution in [3.05, 3.63) is 0 Å². The molecule has 1 aliphatic rings. The van der Waals surface area contributed by atoms with Crippen molar-refractivity contribution >= 4 is 5.97 Å². The topological polar surface area (TPSA) is 40.5 Å². The minimum absolute atomic E-state index is 0.190. The van der Waals surface area contributed by atoms with E-state index in [0.717, 1.165) is 25.4 Å². The molecular weight excluding hydrogens is 214 g/mol. The fourth-order valence-corrected chi connectivity index (χ4v) is 3.03. The summed E-state index contributed by atoms with van der Waals surface area (Å²) in [5, 5.41) is 9.32. The highest BCUT2D eigenvalue weighted by Crippen LogP contribution is 2.24. The number of aliphatic carboxylic acids is 1. The van der Waals surface area contributed by atoms with Crippen LogP contribution in [-0.2, 0) is 4.79 Å². The Morgan fingerprint density at radius 2 is 2.06 bits per heavy atom. The van der Waals surface area contributed by atoms with Gasteiger partial charge < -0.3 is 5.11 Å². The second kappa shape index (κ2) is 7.00. The van der Waals surface area contributed by atoms with Gasteiger partial charge in [0.1, 0.15) is 6.04 Å². The Bertz CT molecular complexity index is 240. The average Bonchev–Trinajstić information content (AvgIpc) is 2.44. The number of nitrogens with zero attached hydrogens (tertiary/aromatic N) is 1. The molecule has 0 saturated carbocycles. The Hall–Kier alpha value is -0.570. The Morgan fingerprint density at radius 1 is 1.35 bits per heavy atom. The molecule has 3 nitrogen and oxygen atoms in total. The van der Waals surface area contributed by atoms with Gasteiger partial charge in [0.05, 0.1) is 0 Å². The first-order valence-corrected chi connectivity index (χ1v) is 7.03. The maximum Gasteiger partial charge on any atom is 0.321 e. The first-order chi connectivity index (χ1) is 8.06. The van der Waals surface area contributed by atoms with Gasteiger partial charge in [-0.05, 0) is 44.2 Å². The molecule has 1 rings (SSSR count). The zero-order valence-corrected chi connectivity index (χ0v) is 11.5. The first kappa shape index (κ1) is 14.5. The van der Waals surface area contributed by atoms with E-state index < -0.39 is 5.97 Å². The summed E-state index contributed by atoms with van der Waals surface area (Å²) in [7, 11) is 0. The zero-order valence-electron chi connectivity index (χ0n) is 11.5. The highest BCUT2D eigenvalue weighted by atomic mass is 16.4. The zero-order chi connectivity index (χ0) is 12.8. The molecule has 0 spiro atoms. The molecule has 1 saturated heterocycles. The summed E-state index contributed by atoms with van der Waals surface area (Å²) in [6.45, 7) is 8.16. The fourth-order valence-electron chi connectivity index (χ4n) is 3.03.